The fourth-order valence-corrected chi connectivity index (χ4v) is 2.82. The number of morpholine rings is 1. The molecule has 2 amide bonds. The largest absolute Gasteiger partial charge is 0.367 e. The van der Waals surface area contributed by atoms with Gasteiger partial charge in [0.15, 0.2) is 5.60 Å². The smallest absolute Gasteiger partial charge is 0.251 e. The standard InChI is InChI=1S/C14H25N3O3/c1-14(13(15)19)11-17(8-9-20-14)12(18)10-16-6-4-2-3-5-7-16/h2-11H2,1H3,(H2,15,19). The van der Waals surface area contributed by atoms with Crippen LogP contribution in [0.4, 0.5) is 0 Å². The zero-order valence-corrected chi connectivity index (χ0v) is 12.3. The third kappa shape index (κ3) is 3.70. The van der Waals surface area contributed by atoms with Crippen molar-refractivity contribution in [3.05, 3.63) is 0 Å². The Kier molecular flexibility index (Phi) is 4.99. The zero-order valence-electron chi connectivity index (χ0n) is 12.3. The van der Waals surface area contributed by atoms with Gasteiger partial charge in [-0.05, 0) is 32.9 Å². The van der Waals surface area contributed by atoms with E-state index in [-0.39, 0.29) is 12.5 Å². The number of hydrogen-bond acceptors (Lipinski definition) is 4. The number of likely N-dealkylation sites (tertiary alicyclic amines) is 1. The molecule has 2 saturated heterocycles. The maximum atomic E-state index is 12.4. The first-order valence-electron chi connectivity index (χ1n) is 7.45. The number of carbonyl (C=O) groups is 2. The highest BCUT2D eigenvalue weighted by molar-refractivity contribution is 5.85. The van der Waals surface area contributed by atoms with Crippen LogP contribution >= 0.6 is 0 Å². The first-order chi connectivity index (χ1) is 9.51. The minimum absolute atomic E-state index is 0.0719. The van der Waals surface area contributed by atoms with E-state index in [9.17, 15) is 9.59 Å². The van der Waals surface area contributed by atoms with E-state index in [0.717, 1.165) is 25.9 Å². The Morgan fingerprint density at radius 3 is 2.40 bits per heavy atom. The van der Waals surface area contributed by atoms with Crippen LogP contribution in [0, 0.1) is 0 Å². The van der Waals surface area contributed by atoms with Gasteiger partial charge in [-0.3, -0.25) is 14.5 Å². The predicted molar refractivity (Wildman–Crippen MR) is 75.0 cm³/mol. The molecule has 2 N–H and O–H groups in total. The first-order valence-corrected chi connectivity index (χ1v) is 7.45. The van der Waals surface area contributed by atoms with Crippen molar-refractivity contribution in [2.45, 2.75) is 38.2 Å². The molecule has 2 aliphatic heterocycles. The van der Waals surface area contributed by atoms with Gasteiger partial charge >= 0.3 is 0 Å². The van der Waals surface area contributed by atoms with Crippen molar-refractivity contribution in [1.29, 1.82) is 0 Å². The molecule has 6 heteroatoms. The van der Waals surface area contributed by atoms with Crippen LogP contribution in [0.15, 0.2) is 0 Å². The second kappa shape index (κ2) is 6.54. The van der Waals surface area contributed by atoms with Crippen molar-refractivity contribution >= 4 is 11.8 Å². The summed E-state index contributed by atoms with van der Waals surface area (Å²) in [5, 5.41) is 0. The molecule has 0 aromatic rings. The van der Waals surface area contributed by atoms with Crippen molar-refractivity contribution in [3.63, 3.8) is 0 Å². The van der Waals surface area contributed by atoms with Gasteiger partial charge in [0.2, 0.25) is 5.91 Å². The topological polar surface area (TPSA) is 75.9 Å². The summed E-state index contributed by atoms with van der Waals surface area (Å²) in [7, 11) is 0. The maximum Gasteiger partial charge on any atom is 0.251 e. The molecule has 0 saturated carbocycles. The lowest BCUT2D eigenvalue weighted by molar-refractivity contribution is -0.160. The molecular formula is C14H25N3O3. The Hall–Kier alpha value is -1.14. The number of ether oxygens (including phenoxy) is 1. The number of nitrogens with zero attached hydrogens (tertiary/aromatic N) is 2. The van der Waals surface area contributed by atoms with Gasteiger partial charge in [-0.2, -0.15) is 0 Å². The zero-order chi connectivity index (χ0) is 14.6. The van der Waals surface area contributed by atoms with Gasteiger partial charge in [0.1, 0.15) is 0 Å². The average molecular weight is 283 g/mol. The van der Waals surface area contributed by atoms with Crippen LogP contribution in [-0.2, 0) is 14.3 Å². The van der Waals surface area contributed by atoms with E-state index in [1.807, 2.05) is 0 Å². The predicted octanol–water partition coefficient (Wildman–Crippen LogP) is -0.0348. The van der Waals surface area contributed by atoms with E-state index in [4.69, 9.17) is 10.5 Å². The molecule has 1 atom stereocenters. The summed E-state index contributed by atoms with van der Waals surface area (Å²) in [6, 6.07) is 0. The van der Waals surface area contributed by atoms with Crippen molar-refractivity contribution < 1.29 is 14.3 Å². The van der Waals surface area contributed by atoms with E-state index in [1.54, 1.807) is 11.8 Å². The number of nitrogens with two attached hydrogens (primary N) is 1. The summed E-state index contributed by atoms with van der Waals surface area (Å²) < 4.78 is 5.44. The van der Waals surface area contributed by atoms with Gasteiger partial charge in [-0.25, -0.2) is 0 Å². The van der Waals surface area contributed by atoms with E-state index < -0.39 is 11.5 Å². The molecule has 0 aromatic heterocycles. The summed E-state index contributed by atoms with van der Waals surface area (Å²) in [5.74, 6) is -0.438. The van der Waals surface area contributed by atoms with Crippen LogP contribution in [0.3, 0.4) is 0 Å². The highest BCUT2D eigenvalue weighted by atomic mass is 16.5. The summed E-state index contributed by atoms with van der Waals surface area (Å²) in [6.07, 6.45) is 4.83. The highest BCUT2D eigenvalue weighted by Gasteiger charge is 2.39. The minimum Gasteiger partial charge on any atom is -0.367 e. The fourth-order valence-electron chi connectivity index (χ4n) is 2.82. The number of amides is 2. The lowest BCUT2D eigenvalue weighted by Crippen LogP contribution is -2.59. The molecule has 1 unspecified atom stereocenters. The molecule has 0 aliphatic carbocycles. The third-order valence-corrected chi connectivity index (χ3v) is 4.21. The molecule has 2 heterocycles. The van der Waals surface area contributed by atoms with E-state index in [1.165, 1.54) is 12.8 Å². The molecule has 20 heavy (non-hydrogen) atoms. The Balaban J connectivity index is 1.89. The van der Waals surface area contributed by atoms with Gasteiger partial charge in [0, 0.05) is 6.54 Å². The van der Waals surface area contributed by atoms with Crippen molar-refractivity contribution in [2.24, 2.45) is 5.73 Å². The van der Waals surface area contributed by atoms with Gasteiger partial charge in [-0.1, -0.05) is 12.8 Å². The third-order valence-electron chi connectivity index (χ3n) is 4.21. The van der Waals surface area contributed by atoms with Crippen LogP contribution in [0.2, 0.25) is 0 Å². The lowest BCUT2D eigenvalue weighted by Gasteiger charge is -2.39. The van der Waals surface area contributed by atoms with Gasteiger partial charge in [-0.15, -0.1) is 0 Å². The van der Waals surface area contributed by atoms with Crippen LogP contribution in [0.5, 0.6) is 0 Å². The number of primary amides is 1. The van der Waals surface area contributed by atoms with E-state index in [0.29, 0.717) is 19.7 Å². The second-order valence-corrected chi connectivity index (χ2v) is 5.95. The normalized spacial score (nSPS) is 28.9. The van der Waals surface area contributed by atoms with Crippen LogP contribution in [0.1, 0.15) is 32.6 Å². The molecule has 0 radical (unpaired) electrons. The Bertz CT molecular complexity index is 367. The van der Waals surface area contributed by atoms with Gasteiger partial charge in [0.25, 0.3) is 5.91 Å². The first kappa shape index (κ1) is 15.3. The van der Waals surface area contributed by atoms with Gasteiger partial charge in [0.05, 0.1) is 19.7 Å². The summed E-state index contributed by atoms with van der Waals surface area (Å²) in [5.41, 5.74) is 4.31. The molecular weight excluding hydrogens is 258 g/mol. The van der Waals surface area contributed by atoms with Crippen molar-refractivity contribution in [3.8, 4) is 0 Å². The number of carbonyl (C=O) groups excluding carboxylic acids is 2. The molecule has 2 fully saturated rings. The average Bonchev–Trinajstić information content (AvgIpc) is 2.67. The molecule has 0 aromatic carbocycles. The summed E-state index contributed by atoms with van der Waals surface area (Å²) in [4.78, 5) is 27.7. The lowest BCUT2D eigenvalue weighted by atomic mass is 10.0. The maximum absolute atomic E-state index is 12.4. The molecule has 2 rings (SSSR count). The molecule has 114 valence electrons. The SMILES string of the molecule is CC1(C(N)=O)CN(C(=O)CN2CCCCCC2)CCO1. The molecule has 6 nitrogen and oxygen atoms in total. The van der Waals surface area contributed by atoms with Gasteiger partial charge < -0.3 is 15.4 Å². The number of hydrogen-bond donors (Lipinski definition) is 1. The van der Waals surface area contributed by atoms with Crippen molar-refractivity contribution in [2.75, 3.05) is 39.3 Å². The second-order valence-electron chi connectivity index (χ2n) is 5.95. The molecule has 0 bridgehead atoms. The fraction of sp³-hybridized carbons (Fsp3) is 0.857. The molecule has 2 aliphatic rings. The monoisotopic (exact) mass is 283 g/mol. The van der Waals surface area contributed by atoms with E-state index in [2.05, 4.69) is 4.90 Å². The quantitative estimate of drug-likeness (QED) is 0.789. The Morgan fingerprint density at radius 2 is 1.80 bits per heavy atom. The highest BCUT2D eigenvalue weighted by Crippen LogP contribution is 2.18. The van der Waals surface area contributed by atoms with Crippen LogP contribution < -0.4 is 5.73 Å². The molecule has 0 spiro atoms. The van der Waals surface area contributed by atoms with E-state index >= 15 is 0 Å². The summed E-state index contributed by atoms with van der Waals surface area (Å²) in [6.45, 7) is 5.23. The van der Waals surface area contributed by atoms with Crippen LogP contribution in [0.25, 0.3) is 0 Å². The van der Waals surface area contributed by atoms with Crippen LogP contribution in [-0.4, -0.2) is 66.5 Å². The number of rotatable bonds is 3. The summed E-state index contributed by atoms with van der Waals surface area (Å²) >= 11 is 0. The Morgan fingerprint density at radius 1 is 1.15 bits per heavy atom. The minimum atomic E-state index is -1.05. The van der Waals surface area contributed by atoms with Crippen molar-refractivity contribution in [1.82, 2.24) is 9.80 Å². The Labute approximate surface area is 120 Å².